The molecule has 0 bridgehead atoms. The Bertz CT molecular complexity index is 935. The number of hydrogen-bond donors (Lipinski definition) is 0. The van der Waals surface area contributed by atoms with Gasteiger partial charge in [-0.3, -0.25) is 4.79 Å². The van der Waals surface area contributed by atoms with Crippen LogP contribution in [0.2, 0.25) is 0 Å². The minimum Gasteiger partial charge on any atom is -0.463 e. The van der Waals surface area contributed by atoms with Crippen LogP contribution in [0.15, 0.2) is 36.4 Å². The summed E-state index contributed by atoms with van der Waals surface area (Å²) < 4.78 is 4.53. The molecule has 0 spiro atoms. The van der Waals surface area contributed by atoms with Crippen LogP contribution in [0.25, 0.3) is 11.1 Å². The van der Waals surface area contributed by atoms with Gasteiger partial charge < -0.3 is 4.74 Å². The topological polar surface area (TPSA) is 43.4 Å². The van der Waals surface area contributed by atoms with Crippen molar-refractivity contribution in [3.8, 4) is 11.1 Å². The molecule has 1 aliphatic rings. The Labute approximate surface area is 168 Å². The van der Waals surface area contributed by atoms with Crippen LogP contribution in [-0.2, 0) is 31.6 Å². The van der Waals surface area contributed by atoms with Gasteiger partial charge in [-0.15, -0.1) is 0 Å². The highest BCUT2D eigenvalue weighted by Gasteiger charge is 2.37. The van der Waals surface area contributed by atoms with Gasteiger partial charge in [0.15, 0.2) is 0 Å². The molecule has 3 nitrogen and oxygen atoms in total. The van der Waals surface area contributed by atoms with E-state index < -0.39 is 11.8 Å². The number of carbonyl (C=O) groups is 2. The second-order valence-electron chi connectivity index (χ2n) is 9.27. The van der Waals surface area contributed by atoms with Crippen molar-refractivity contribution in [2.24, 2.45) is 0 Å². The number of methoxy groups -OCH3 is 1. The fraction of sp³-hybridized carbons (Fsp3) is 0.440. The van der Waals surface area contributed by atoms with Crippen LogP contribution in [0.3, 0.4) is 0 Å². The lowest BCUT2D eigenvalue weighted by Crippen LogP contribution is -2.34. The van der Waals surface area contributed by atoms with Gasteiger partial charge in [0.2, 0.25) is 5.78 Å². The van der Waals surface area contributed by atoms with Gasteiger partial charge in [0, 0.05) is 6.42 Å². The van der Waals surface area contributed by atoms with Crippen molar-refractivity contribution in [3.63, 3.8) is 0 Å². The first kappa shape index (κ1) is 20.3. The molecule has 0 fully saturated rings. The lowest BCUT2D eigenvalue weighted by molar-refractivity contribution is -0.151. The van der Waals surface area contributed by atoms with Gasteiger partial charge in [-0.25, -0.2) is 4.79 Å². The second-order valence-corrected chi connectivity index (χ2v) is 9.27. The molecule has 0 amide bonds. The highest BCUT2D eigenvalue weighted by Crippen LogP contribution is 2.47. The van der Waals surface area contributed by atoms with Gasteiger partial charge in [-0.1, -0.05) is 64.1 Å². The minimum atomic E-state index is -0.792. The smallest absolute Gasteiger partial charge is 0.374 e. The Morgan fingerprint density at radius 3 is 2.18 bits per heavy atom. The van der Waals surface area contributed by atoms with E-state index in [1.807, 2.05) is 18.2 Å². The molecule has 2 aromatic carbocycles. The molecule has 3 rings (SSSR count). The van der Waals surface area contributed by atoms with Crippen molar-refractivity contribution in [2.75, 3.05) is 7.11 Å². The summed E-state index contributed by atoms with van der Waals surface area (Å²) in [6, 6.07) is 12.6. The lowest BCUT2D eigenvalue weighted by Gasteiger charge is -2.42. The highest BCUT2D eigenvalue weighted by molar-refractivity contribution is 6.34. The van der Waals surface area contributed by atoms with E-state index in [2.05, 4.69) is 57.6 Å². The quantitative estimate of drug-likeness (QED) is 0.536. The summed E-state index contributed by atoms with van der Waals surface area (Å²) in [4.78, 5) is 23.4. The zero-order valence-electron chi connectivity index (χ0n) is 17.8. The molecule has 0 heterocycles. The molecule has 0 saturated heterocycles. The number of ether oxygens (including phenoxy) is 1. The Balaban J connectivity index is 2.05. The molecule has 0 N–H and O–H groups in total. The molecule has 2 aromatic rings. The highest BCUT2D eigenvalue weighted by atomic mass is 16.5. The Kier molecular flexibility index (Phi) is 5.22. The van der Waals surface area contributed by atoms with Crippen molar-refractivity contribution in [1.29, 1.82) is 0 Å². The van der Waals surface area contributed by atoms with E-state index in [-0.39, 0.29) is 17.3 Å². The maximum atomic E-state index is 11.9. The summed E-state index contributed by atoms with van der Waals surface area (Å²) in [7, 11) is 1.23. The van der Waals surface area contributed by atoms with Crippen molar-refractivity contribution in [3.05, 3.63) is 58.7 Å². The van der Waals surface area contributed by atoms with Crippen LogP contribution in [0.1, 0.15) is 62.8 Å². The second kappa shape index (κ2) is 7.20. The van der Waals surface area contributed by atoms with Crippen LogP contribution in [0, 0.1) is 6.92 Å². The molecule has 148 valence electrons. The third kappa shape index (κ3) is 3.76. The normalized spacial score (nSPS) is 16.9. The number of ketones is 1. The first-order valence-electron chi connectivity index (χ1n) is 9.91. The van der Waals surface area contributed by atoms with Gasteiger partial charge >= 0.3 is 5.97 Å². The number of rotatable bonds is 4. The van der Waals surface area contributed by atoms with Crippen molar-refractivity contribution in [1.82, 2.24) is 0 Å². The lowest BCUT2D eigenvalue weighted by atomic mass is 9.62. The van der Waals surface area contributed by atoms with Crippen LogP contribution < -0.4 is 0 Å². The fourth-order valence-corrected chi connectivity index (χ4v) is 4.25. The van der Waals surface area contributed by atoms with Gasteiger partial charge in [0.25, 0.3) is 0 Å². The van der Waals surface area contributed by atoms with Gasteiger partial charge in [-0.05, 0) is 64.0 Å². The first-order valence-corrected chi connectivity index (χ1v) is 9.91. The number of benzene rings is 2. The Hall–Kier alpha value is -2.42. The van der Waals surface area contributed by atoms with Gasteiger partial charge in [0.05, 0.1) is 7.11 Å². The summed E-state index contributed by atoms with van der Waals surface area (Å²) in [6.07, 6.45) is 2.42. The molecule has 0 unspecified atom stereocenters. The standard InChI is InChI=1S/C25H30O3/c1-16-12-20-21(25(4,5)11-10-24(20,2)3)15-19(16)18-9-7-8-17(13-18)14-22(26)23(27)28-6/h7-9,12-13,15H,10-11,14H2,1-6H3. The van der Waals surface area contributed by atoms with Crippen LogP contribution >= 0.6 is 0 Å². The zero-order valence-corrected chi connectivity index (χ0v) is 17.8. The maximum Gasteiger partial charge on any atom is 0.374 e. The monoisotopic (exact) mass is 378 g/mol. The molecule has 0 saturated carbocycles. The van der Waals surface area contributed by atoms with Gasteiger partial charge in [0.1, 0.15) is 0 Å². The number of carbonyl (C=O) groups excluding carboxylic acids is 2. The fourth-order valence-electron chi connectivity index (χ4n) is 4.25. The largest absolute Gasteiger partial charge is 0.463 e. The van der Waals surface area contributed by atoms with E-state index in [1.54, 1.807) is 0 Å². The Morgan fingerprint density at radius 2 is 1.57 bits per heavy atom. The van der Waals surface area contributed by atoms with E-state index in [0.29, 0.717) is 0 Å². The molecular formula is C25H30O3. The van der Waals surface area contributed by atoms with E-state index in [0.717, 1.165) is 11.1 Å². The summed E-state index contributed by atoms with van der Waals surface area (Å²) in [5.41, 5.74) is 7.52. The molecular weight excluding hydrogens is 348 g/mol. The van der Waals surface area contributed by atoms with E-state index in [4.69, 9.17) is 0 Å². The van der Waals surface area contributed by atoms with Gasteiger partial charge in [-0.2, -0.15) is 0 Å². The zero-order chi connectivity index (χ0) is 20.7. The summed E-state index contributed by atoms with van der Waals surface area (Å²) in [5, 5.41) is 0. The molecule has 28 heavy (non-hydrogen) atoms. The van der Waals surface area contributed by atoms with Crippen LogP contribution in [-0.4, -0.2) is 18.9 Å². The molecule has 0 aliphatic heterocycles. The van der Waals surface area contributed by atoms with Crippen molar-refractivity contribution in [2.45, 2.75) is 64.7 Å². The predicted molar refractivity (Wildman–Crippen MR) is 113 cm³/mol. The van der Waals surface area contributed by atoms with E-state index >= 15 is 0 Å². The molecule has 0 aromatic heterocycles. The molecule has 1 aliphatic carbocycles. The minimum absolute atomic E-state index is 0.0586. The van der Waals surface area contributed by atoms with Crippen LogP contribution in [0.4, 0.5) is 0 Å². The number of Topliss-reactive ketones (excluding diaryl/α,β-unsaturated/α-hetero) is 1. The third-order valence-corrected chi connectivity index (χ3v) is 6.21. The Morgan fingerprint density at radius 1 is 0.964 bits per heavy atom. The maximum absolute atomic E-state index is 11.9. The van der Waals surface area contributed by atoms with Crippen molar-refractivity contribution >= 4 is 11.8 Å². The van der Waals surface area contributed by atoms with Crippen LogP contribution in [0.5, 0.6) is 0 Å². The van der Waals surface area contributed by atoms with E-state index in [9.17, 15) is 9.59 Å². The number of esters is 1. The summed E-state index contributed by atoms with van der Waals surface area (Å²) in [6.45, 7) is 11.5. The summed E-state index contributed by atoms with van der Waals surface area (Å²) in [5.74, 6) is -1.32. The number of hydrogen-bond acceptors (Lipinski definition) is 3. The third-order valence-electron chi connectivity index (χ3n) is 6.21. The average Bonchev–Trinajstić information content (AvgIpc) is 2.64. The SMILES string of the molecule is COC(=O)C(=O)Cc1cccc(-c2cc3c(cc2C)C(C)(C)CCC3(C)C)c1. The number of fused-ring (bicyclic) bond motifs is 1. The predicted octanol–water partition coefficient (Wildman–Crippen LogP) is 5.30. The number of aryl methyl sites for hydroxylation is 1. The molecule has 0 radical (unpaired) electrons. The summed E-state index contributed by atoms with van der Waals surface area (Å²) >= 11 is 0. The first-order chi connectivity index (χ1) is 13.0. The average molecular weight is 379 g/mol. The van der Waals surface area contributed by atoms with E-state index in [1.165, 1.54) is 42.2 Å². The molecule has 3 heteroatoms. The van der Waals surface area contributed by atoms with Crippen molar-refractivity contribution < 1.29 is 14.3 Å². The molecule has 0 atom stereocenters.